The van der Waals surface area contributed by atoms with Gasteiger partial charge in [-0.1, -0.05) is 43.5 Å². The summed E-state index contributed by atoms with van der Waals surface area (Å²) in [6.45, 7) is 2.99. The number of methoxy groups -OCH3 is 1. The van der Waals surface area contributed by atoms with Gasteiger partial charge in [0.1, 0.15) is 0 Å². The number of amides is 1. The molecule has 38 heavy (non-hydrogen) atoms. The Morgan fingerprint density at radius 2 is 1.84 bits per heavy atom. The molecule has 0 atom stereocenters. The number of aryl methyl sites for hydroxylation is 2. The quantitative estimate of drug-likeness (QED) is 0.266. The molecule has 2 aromatic heterocycles. The second-order valence-corrected chi connectivity index (χ2v) is 10.6. The molecule has 0 bridgehead atoms. The van der Waals surface area contributed by atoms with Crippen molar-refractivity contribution in [3.63, 3.8) is 0 Å². The van der Waals surface area contributed by atoms with E-state index in [0.29, 0.717) is 18.0 Å². The highest BCUT2D eigenvalue weighted by Crippen LogP contribution is 2.46. The normalized spacial score (nSPS) is 15.7. The molecule has 0 spiro atoms. The van der Waals surface area contributed by atoms with E-state index >= 15 is 0 Å². The minimum absolute atomic E-state index is 0.0313. The lowest BCUT2D eigenvalue weighted by molar-refractivity contribution is 0.0600. The number of nitrogens with one attached hydrogen (secondary N) is 2. The van der Waals surface area contributed by atoms with Crippen molar-refractivity contribution >= 4 is 33.7 Å². The van der Waals surface area contributed by atoms with Crippen molar-refractivity contribution in [2.75, 3.05) is 27.2 Å². The largest absolute Gasteiger partial charge is 0.465 e. The van der Waals surface area contributed by atoms with Gasteiger partial charge in [-0.15, -0.1) is 0 Å². The SMILES string of the molecule is CNCCNC(=O)c1cn2c3c(cccc13)-c1c(C3CCCCC3)c3ccc(C(=O)OC)cc3n1CCC2. The van der Waals surface area contributed by atoms with E-state index in [4.69, 9.17) is 4.74 Å². The van der Waals surface area contributed by atoms with E-state index in [9.17, 15) is 9.59 Å². The highest BCUT2D eigenvalue weighted by atomic mass is 16.5. The summed E-state index contributed by atoms with van der Waals surface area (Å²) in [6, 6.07) is 12.4. The Labute approximate surface area is 223 Å². The number of carbonyl (C=O) groups excluding carboxylic acids is 2. The van der Waals surface area contributed by atoms with Gasteiger partial charge in [0, 0.05) is 54.2 Å². The molecule has 7 nitrogen and oxygen atoms in total. The van der Waals surface area contributed by atoms with Crippen molar-refractivity contribution in [2.45, 2.75) is 57.5 Å². The fraction of sp³-hybridized carbons (Fsp3) is 0.419. The third-order valence-corrected chi connectivity index (χ3v) is 8.38. The van der Waals surface area contributed by atoms with Crippen molar-refractivity contribution in [1.82, 2.24) is 19.8 Å². The Bertz CT molecular complexity index is 1520. The molecular weight excluding hydrogens is 476 g/mol. The lowest BCUT2D eigenvalue weighted by atomic mass is 9.81. The van der Waals surface area contributed by atoms with Crippen molar-refractivity contribution in [3.05, 3.63) is 59.3 Å². The van der Waals surface area contributed by atoms with Crippen LogP contribution in [0.25, 0.3) is 33.1 Å². The molecule has 2 aliphatic rings. The summed E-state index contributed by atoms with van der Waals surface area (Å²) in [5.74, 6) is 0.141. The van der Waals surface area contributed by atoms with Crippen molar-refractivity contribution < 1.29 is 14.3 Å². The van der Waals surface area contributed by atoms with Crippen molar-refractivity contribution in [2.24, 2.45) is 0 Å². The van der Waals surface area contributed by atoms with Crippen LogP contribution in [0.1, 0.15) is 70.7 Å². The summed E-state index contributed by atoms with van der Waals surface area (Å²) in [7, 11) is 3.32. The molecule has 0 unspecified atom stereocenters. The third kappa shape index (κ3) is 4.09. The van der Waals surface area contributed by atoms with Gasteiger partial charge in [0.15, 0.2) is 0 Å². The molecule has 0 radical (unpaired) electrons. The van der Waals surface area contributed by atoms with Crippen LogP contribution in [0.3, 0.4) is 0 Å². The predicted molar refractivity (Wildman–Crippen MR) is 151 cm³/mol. The first kappa shape index (κ1) is 24.7. The summed E-state index contributed by atoms with van der Waals surface area (Å²) in [5.41, 5.74) is 7.37. The van der Waals surface area contributed by atoms with Crippen LogP contribution in [0.2, 0.25) is 0 Å². The van der Waals surface area contributed by atoms with E-state index in [0.717, 1.165) is 48.0 Å². The summed E-state index contributed by atoms with van der Waals surface area (Å²) in [4.78, 5) is 25.7. The third-order valence-electron chi connectivity index (χ3n) is 8.38. The molecule has 1 fully saturated rings. The van der Waals surface area contributed by atoms with E-state index in [-0.39, 0.29) is 11.9 Å². The predicted octanol–water partition coefficient (Wildman–Crippen LogP) is 5.45. The van der Waals surface area contributed by atoms with Crippen molar-refractivity contribution in [1.29, 1.82) is 0 Å². The number of esters is 1. The Hall–Kier alpha value is -3.58. The summed E-state index contributed by atoms with van der Waals surface area (Å²) >= 11 is 0. The topological polar surface area (TPSA) is 77.3 Å². The number of rotatable bonds is 6. The van der Waals surface area contributed by atoms with E-state index in [1.54, 1.807) is 0 Å². The molecule has 4 aromatic rings. The second-order valence-electron chi connectivity index (χ2n) is 10.6. The zero-order chi connectivity index (χ0) is 26.2. The molecule has 1 aliphatic carbocycles. The van der Waals surface area contributed by atoms with Gasteiger partial charge >= 0.3 is 5.97 Å². The van der Waals surface area contributed by atoms with Gasteiger partial charge in [-0.2, -0.15) is 0 Å². The van der Waals surface area contributed by atoms with E-state index in [1.807, 2.05) is 25.4 Å². The first-order valence-corrected chi connectivity index (χ1v) is 13.9. The maximum Gasteiger partial charge on any atom is 0.337 e. The van der Waals surface area contributed by atoms with Gasteiger partial charge in [0.2, 0.25) is 0 Å². The van der Waals surface area contributed by atoms with Crippen LogP contribution in [0.4, 0.5) is 0 Å². The van der Waals surface area contributed by atoms with Gasteiger partial charge in [0.05, 0.1) is 29.4 Å². The standard InChI is InChI=1S/C31H36N4O3/c1-32-14-15-33-30(36)25-19-34-16-7-17-35-26-18-21(31(37)38-2)12-13-23(26)27(20-8-4-3-5-9-20)29(35)24-11-6-10-22(25)28(24)34/h6,10-13,18-20,32H,3-5,7-9,14-17H2,1-2H3,(H,33,36). The zero-order valence-corrected chi connectivity index (χ0v) is 22.3. The zero-order valence-electron chi connectivity index (χ0n) is 22.3. The number of likely N-dealkylation sites (N-methyl/N-ethyl adjacent to an activating group) is 1. The molecule has 2 aromatic carbocycles. The number of benzene rings is 2. The fourth-order valence-corrected chi connectivity index (χ4v) is 6.65. The van der Waals surface area contributed by atoms with E-state index < -0.39 is 0 Å². The first-order chi connectivity index (χ1) is 18.6. The molecule has 3 heterocycles. The molecule has 7 heteroatoms. The van der Waals surface area contributed by atoms with Crippen LogP contribution in [-0.2, 0) is 17.8 Å². The first-order valence-electron chi connectivity index (χ1n) is 13.9. The molecule has 1 amide bonds. The van der Waals surface area contributed by atoms with Gasteiger partial charge in [-0.25, -0.2) is 4.79 Å². The Morgan fingerprint density at radius 1 is 1.00 bits per heavy atom. The lowest BCUT2D eigenvalue weighted by Gasteiger charge is -2.25. The fourth-order valence-electron chi connectivity index (χ4n) is 6.65. The molecule has 1 saturated carbocycles. The summed E-state index contributed by atoms with van der Waals surface area (Å²) < 4.78 is 9.77. The molecule has 1 aliphatic heterocycles. The van der Waals surface area contributed by atoms with Gasteiger partial charge < -0.3 is 24.5 Å². The summed E-state index contributed by atoms with van der Waals surface area (Å²) in [5, 5.41) is 8.38. The van der Waals surface area contributed by atoms with E-state index in [2.05, 4.69) is 44.0 Å². The highest BCUT2D eigenvalue weighted by molar-refractivity contribution is 6.11. The number of carbonyl (C=O) groups is 2. The Morgan fingerprint density at radius 3 is 2.63 bits per heavy atom. The Balaban J connectivity index is 1.60. The molecule has 2 N–H and O–H groups in total. The molecule has 6 rings (SSSR count). The maximum absolute atomic E-state index is 13.2. The number of nitrogens with zero attached hydrogens (tertiary/aromatic N) is 2. The highest BCUT2D eigenvalue weighted by Gasteiger charge is 2.30. The number of aromatic nitrogens is 2. The average Bonchev–Trinajstić information content (AvgIpc) is 3.47. The van der Waals surface area contributed by atoms with Crippen LogP contribution in [-0.4, -0.2) is 48.3 Å². The lowest BCUT2D eigenvalue weighted by Crippen LogP contribution is -2.30. The van der Waals surface area contributed by atoms with Crippen LogP contribution >= 0.6 is 0 Å². The number of hydrogen-bond donors (Lipinski definition) is 2. The summed E-state index contributed by atoms with van der Waals surface area (Å²) in [6.07, 6.45) is 9.12. The number of hydrogen-bond acceptors (Lipinski definition) is 4. The molecule has 198 valence electrons. The second kappa shape index (κ2) is 10.3. The Kier molecular flexibility index (Phi) is 6.70. The van der Waals surface area contributed by atoms with Gasteiger partial charge in [-0.05, 0) is 49.9 Å². The van der Waals surface area contributed by atoms with Crippen LogP contribution in [0.15, 0.2) is 42.6 Å². The minimum atomic E-state index is -0.308. The maximum atomic E-state index is 13.2. The van der Waals surface area contributed by atoms with E-state index in [1.165, 1.54) is 61.4 Å². The molecular formula is C31H36N4O3. The minimum Gasteiger partial charge on any atom is -0.465 e. The molecule has 0 saturated heterocycles. The number of para-hydroxylation sites is 1. The smallest absolute Gasteiger partial charge is 0.337 e. The monoisotopic (exact) mass is 512 g/mol. The van der Waals surface area contributed by atoms with Gasteiger partial charge in [0.25, 0.3) is 5.91 Å². The number of ether oxygens (including phenoxy) is 1. The van der Waals surface area contributed by atoms with Crippen LogP contribution in [0, 0.1) is 0 Å². The number of fused-ring (bicyclic) bond motifs is 4. The van der Waals surface area contributed by atoms with Crippen LogP contribution < -0.4 is 10.6 Å². The van der Waals surface area contributed by atoms with Gasteiger partial charge in [-0.3, -0.25) is 4.79 Å². The van der Waals surface area contributed by atoms with Crippen molar-refractivity contribution in [3.8, 4) is 11.3 Å². The van der Waals surface area contributed by atoms with Crippen LogP contribution in [0.5, 0.6) is 0 Å². The average molecular weight is 513 g/mol.